The monoisotopic (exact) mass is 408 g/mol. The van der Waals surface area contributed by atoms with Crippen molar-refractivity contribution in [3.05, 3.63) is 41.7 Å². The van der Waals surface area contributed by atoms with Crippen molar-refractivity contribution in [3.63, 3.8) is 0 Å². The fraction of sp³-hybridized carbons (Fsp3) is 0.421. The van der Waals surface area contributed by atoms with Gasteiger partial charge in [0.1, 0.15) is 22.1 Å². The van der Waals surface area contributed by atoms with Crippen LogP contribution in [0.25, 0.3) is 0 Å². The molecule has 0 N–H and O–H groups in total. The van der Waals surface area contributed by atoms with E-state index in [-0.39, 0.29) is 16.5 Å². The minimum Gasteiger partial charge on any atom is -0.497 e. The lowest BCUT2D eigenvalue weighted by molar-refractivity contribution is 0.0590. The molecule has 0 unspecified atom stereocenters. The molecule has 2 aromatic rings. The number of carbonyl (C=O) groups excluding carboxylic acids is 1. The second-order valence-corrected chi connectivity index (χ2v) is 8.56. The lowest BCUT2D eigenvalue weighted by Gasteiger charge is -2.18. The van der Waals surface area contributed by atoms with Crippen LogP contribution in [-0.4, -0.2) is 57.7 Å². The molecule has 0 radical (unpaired) electrons. The van der Waals surface area contributed by atoms with E-state index in [1.807, 2.05) is 18.2 Å². The number of aromatic nitrogens is 1. The second kappa shape index (κ2) is 7.84. The van der Waals surface area contributed by atoms with Crippen LogP contribution in [0.15, 0.2) is 35.4 Å². The minimum absolute atomic E-state index is 0.0105. The molecule has 1 aliphatic heterocycles. The Morgan fingerprint density at radius 1 is 1.14 bits per heavy atom. The fourth-order valence-corrected chi connectivity index (χ4v) is 5.06. The molecule has 1 saturated heterocycles. The summed E-state index contributed by atoms with van der Waals surface area (Å²) in [6.45, 7) is 0.712. The highest BCUT2D eigenvalue weighted by Gasteiger charge is 2.35. The molecule has 1 aromatic heterocycles. The Morgan fingerprint density at radius 3 is 2.54 bits per heavy atom. The fourth-order valence-electron chi connectivity index (χ4n) is 3.49. The Bertz CT molecular complexity index is 982. The van der Waals surface area contributed by atoms with Crippen LogP contribution in [0.1, 0.15) is 28.4 Å². The van der Waals surface area contributed by atoms with Crippen molar-refractivity contribution in [1.29, 1.82) is 0 Å². The number of esters is 1. The van der Waals surface area contributed by atoms with E-state index in [1.54, 1.807) is 21.3 Å². The molecule has 0 bridgehead atoms. The first kappa shape index (κ1) is 20.2. The average Bonchev–Trinajstić information content (AvgIpc) is 3.34. The number of hydrogen-bond donors (Lipinski definition) is 0. The van der Waals surface area contributed by atoms with Gasteiger partial charge >= 0.3 is 5.97 Å². The van der Waals surface area contributed by atoms with Gasteiger partial charge in [0.05, 0.1) is 21.3 Å². The second-order valence-electron chi connectivity index (χ2n) is 6.62. The third-order valence-electron chi connectivity index (χ3n) is 5.04. The largest absolute Gasteiger partial charge is 0.497 e. The van der Waals surface area contributed by atoms with Gasteiger partial charge in [0, 0.05) is 37.8 Å². The molecule has 0 saturated carbocycles. The quantitative estimate of drug-likeness (QED) is 0.680. The van der Waals surface area contributed by atoms with Crippen LogP contribution in [0.5, 0.6) is 11.5 Å². The summed E-state index contributed by atoms with van der Waals surface area (Å²) < 4.78 is 44.5. The third-order valence-corrected chi connectivity index (χ3v) is 6.87. The number of ether oxygens (including phenoxy) is 3. The molecule has 9 heteroatoms. The van der Waals surface area contributed by atoms with E-state index < -0.39 is 16.0 Å². The number of methoxy groups -OCH3 is 3. The standard InChI is InChI=1S/C19H24N2O6S/c1-20-12-15(10-17(20)19(22)27-4)28(23,24)21-8-7-13(11-21)16-9-14(25-2)5-6-18(16)26-3/h5-6,9-10,12-13H,7-8,11H2,1-4H3/t13-/m0/s1. The number of aryl methyl sites for hydroxylation is 1. The Labute approximate surface area is 164 Å². The van der Waals surface area contributed by atoms with E-state index in [1.165, 1.54) is 28.2 Å². The lowest BCUT2D eigenvalue weighted by Crippen LogP contribution is -2.28. The minimum atomic E-state index is -3.73. The molecular weight excluding hydrogens is 384 g/mol. The van der Waals surface area contributed by atoms with E-state index in [9.17, 15) is 13.2 Å². The Hall–Kier alpha value is -2.52. The van der Waals surface area contributed by atoms with Crippen LogP contribution in [0.4, 0.5) is 0 Å². The van der Waals surface area contributed by atoms with Crippen molar-refractivity contribution in [2.24, 2.45) is 7.05 Å². The van der Waals surface area contributed by atoms with Gasteiger partial charge in [-0.3, -0.25) is 0 Å². The first-order valence-corrected chi connectivity index (χ1v) is 10.2. The van der Waals surface area contributed by atoms with Crippen LogP contribution >= 0.6 is 0 Å². The van der Waals surface area contributed by atoms with Crippen molar-refractivity contribution >= 4 is 16.0 Å². The van der Waals surface area contributed by atoms with Crippen LogP contribution in [0, 0.1) is 0 Å². The van der Waals surface area contributed by atoms with Crippen molar-refractivity contribution in [2.75, 3.05) is 34.4 Å². The normalized spacial score (nSPS) is 17.5. The van der Waals surface area contributed by atoms with E-state index >= 15 is 0 Å². The molecule has 0 amide bonds. The van der Waals surface area contributed by atoms with Crippen LogP contribution in [0.3, 0.4) is 0 Å². The zero-order valence-corrected chi connectivity index (χ0v) is 17.2. The molecule has 1 aromatic carbocycles. The van der Waals surface area contributed by atoms with Crippen LogP contribution in [0.2, 0.25) is 0 Å². The molecule has 1 atom stereocenters. The first-order valence-electron chi connectivity index (χ1n) is 8.78. The molecule has 1 fully saturated rings. The predicted octanol–water partition coefficient (Wildman–Crippen LogP) is 2.01. The zero-order chi connectivity index (χ0) is 20.5. The van der Waals surface area contributed by atoms with Gasteiger partial charge in [0.2, 0.25) is 10.0 Å². The van der Waals surface area contributed by atoms with Gasteiger partial charge in [-0.15, -0.1) is 0 Å². The van der Waals surface area contributed by atoms with E-state index in [0.717, 1.165) is 5.56 Å². The zero-order valence-electron chi connectivity index (χ0n) is 16.3. The summed E-state index contributed by atoms with van der Waals surface area (Å²) in [5, 5.41) is 0. The van der Waals surface area contributed by atoms with Gasteiger partial charge in [0.25, 0.3) is 0 Å². The molecule has 3 rings (SSSR count). The molecular formula is C19H24N2O6S. The Balaban J connectivity index is 1.86. The Morgan fingerprint density at radius 2 is 1.89 bits per heavy atom. The van der Waals surface area contributed by atoms with Crippen molar-refractivity contribution in [1.82, 2.24) is 8.87 Å². The summed E-state index contributed by atoms with van der Waals surface area (Å²) in [6, 6.07) is 6.87. The number of rotatable bonds is 6. The summed E-state index contributed by atoms with van der Waals surface area (Å²) >= 11 is 0. The van der Waals surface area contributed by atoms with Crippen LogP contribution < -0.4 is 9.47 Å². The van der Waals surface area contributed by atoms with Gasteiger partial charge < -0.3 is 18.8 Å². The van der Waals surface area contributed by atoms with Gasteiger partial charge in [0.15, 0.2) is 0 Å². The SMILES string of the molecule is COC(=O)c1cc(S(=O)(=O)N2CC[C@H](c3cc(OC)ccc3OC)C2)cn1C. The number of benzene rings is 1. The predicted molar refractivity (Wildman–Crippen MR) is 102 cm³/mol. The summed E-state index contributed by atoms with van der Waals surface area (Å²) in [5.74, 6) is 0.814. The van der Waals surface area contributed by atoms with Gasteiger partial charge in [-0.1, -0.05) is 0 Å². The number of hydrogen-bond acceptors (Lipinski definition) is 6. The maximum absolute atomic E-state index is 13.1. The molecule has 152 valence electrons. The molecule has 0 spiro atoms. The Kier molecular flexibility index (Phi) is 5.66. The van der Waals surface area contributed by atoms with Crippen molar-refractivity contribution < 1.29 is 27.4 Å². The number of sulfonamides is 1. The van der Waals surface area contributed by atoms with Crippen LogP contribution in [-0.2, 0) is 21.8 Å². The molecule has 28 heavy (non-hydrogen) atoms. The highest BCUT2D eigenvalue weighted by molar-refractivity contribution is 7.89. The molecule has 1 aliphatic rings. The maximum atomic E-state index is 13.1. The maximum Gasteiger partial charge on any atom is 0.354 e. The first-order chi connectivity index (χ1) is 13.3. The number of nitrogens with zero attached hydrogens (tertiary/aromatic N) is 2. The molecule has 8 nitrogen and oxygen atoms in total. The van der Waals surface area contributed by atoms with E-state index in [4.69, 9.17) is 14.2 Å². The summed E-state index contributed by atoms with van der Waals surface area (Å²) in [4.78, 5) is 11.9. The highest BCUT2D eigenvalue weighted by atomic mass is 32.2. The average molecular weight is 408 g/mol. The third kappa shape index (κ3) is 3.59. The molecule has 0 aliphatic carbocycles. The number of carbonyl (C=O) groups is 1. The summed E-state index contributed by atoms with van der Waals surface area (Å²) in [7, 11) is 2.32. The lowest BCUT2D eigenvalue weighted by atomic mass is 9.97. The highest BCUT2D eigenvalue weighted by Crippen LogP contribution is 2.37. The smallest absolute Gasteiger partial charge is 0.354 e. The topological polar surface area (TPSA) is 87.1 Å². The summed E-state index contributed by atoms with van der Waals surface area (Å²) in [6.07, 6.45) is 2.10. The van der Waals surface area contributed by atoms with Crippen molar-refractivity contribution in [3.8, 4) is 11.5 Å². The molecule has 2 heterocycles. The van der Waals surface area contributed by atoms with E-state index in [0.29, 0.717) is 31.0 Å². The van der Waals surface area contributed by atoms with Gasteiger partial charge in [-0.2, -0.15) is 4.31 Å². The van der Waals surface area contributed by atoms with Gasteiger partial charge in [-0.05, 0) is 30.7 Å². The van der Waals surface area contributed by atoms with E-state index in [2.05, 4.69) is 0 Å². The van der Waals surface area contributed by atoms with Gasteiger partial charge in [-0.25, -0.2) is 13.2 Å². The summed E-state index contributed by atoms with van der Waals surface area (Å²) in [5.41, 5.74) is 1.11. The van der Waals surface area contributed by atoms with Crippen molar-refractivity contribution in [2.45, 2.75) is 17.2 Å².